The van der Waals surface area contributed by atoms with E-state index in [0.29, 0.717) is 0 Å². The molecule has 16 heavy (non-hydrogen) atoms. The molecule has 5 heteroatoms. The Kier molecular flexibility index (Phi) is 4.22. The maximum Gasteiger partial charge on any atom is 0.248 e. The van der Waals surface area contributed by atoms with Crippen molar-refractivity contribution in [1.29, 1.82) is 5.41 Å². The highest BCUT2D eigenvalue weighted by Gasteiger charge is 2.26. The van der Waals surface area contributed by atoms with Crippen molar-refractivity contribution in [2.24, 2.45) is 0 Å². The zero-order valence-electron chi connectivity index (χ0n) is 9.43. The highest BCUT2D eigenvalue weighted by atomic mass is 19.1. The van der Waals surface area contributed by atoms with Crippen LogP contribution >= 0.6 is 0 Å². The SMILES string of the molecule is CC(N(C)/C=C\C=N)N1CC(F)C=CC1=O. The summed E-state index contributed by atoms with van der Waals surface area (Å²) < 4.78 is 13.1. The largest absolute Gasteiger partial charge is 0.361 e. The summed E-state index contributed by atoms with van der Waals surface area (Å²) in [6.07, 6.45) is 5.59. The molecule has 2 unspecified atom stereocenters. The normalized spacial score (nSPS) is 22.6. The number of hydrogen-bond donors (Lipinski definition) is 1. The van der Waals surface area contributed by atoms with Crippen LogP contribution in [0.15, 0.2) is 24.4 Å². The molecule has 1 aliphatic heterocycles. The van der Waals surface area contributed by atoms with Crippen LogP contribution in [-0.4, -0.2) is 47.9 Å². The number of halogens is 1. The van der Waals surface area contributed by atoms with E-state index in [9.17, 15) is 9.18 Å². The van der Waals surface area contributed by atoms with Gasteiger partial charge < -0.3 is 15.2 Å². The maximum absolute atomic E-state index is 13.1. The van der Waals surface area contributed by atoms with Gasteiger partial charge >= 0.3 is 0 Å². The number of allylic oxidation sites excluding steroid dienone is 1. The van der Waals surface area contributed by atoms with Crippen LogP contribution in [0.1, 0.15) is 6.92 Å². The van der Waals surface area contributed by atoms with Crippen LogP contribution in [0.3, 0.4) is 0 Å². The first kappa shape index (κ1) is 12.4. The van der Waals surface area contributed by atoms with E-state index in [-0.39, 0.29) is 18.6 Å². The first-order chi connectivity index (χ1) is 7.56. The molecule has 0 aliphatic carbocycles. The Labute approximate surface area is 94.5 Å². The topological polar surface area (TPSA) is 47.4 Å². The lowest BCUT2D eigenvalue weighted by molar-refractivity contribution is -0.132. The fourth-order valence-corrected chi connectivity index (χ4v) is 1.48. The average molecular weight is 225 g/mol. The molecule has 1 aliphatic rings. The zero-order chi connectivity index (χ0) is 12.1. The second kappa shape index (κ2) is 5.44. The molecule has 0 fully saturated rings. The van der Waals surface area contributed by atoms with Gasteiger partial charge in [-0.05, 0) is 19.1 Å². The van der Waals surface area contributed by atoms with Crippen molar-refractivity contribution < 1.29 is 9.18 Å². The number of nitrogens with zero attached hydrogens (tertiary/aromatic N) is 2. The van der Waals surface area contributed by atoms with E-state index in [2.05, 4.69) is 0 Å². The molecule has 2 atom stereocenters. The Balaban J connectivity index is 2.69. The molecule has 1 N–H and O–H groups in total. The van der Waals surface area contributed by atoms with Crippen molar-refractivity contribution >= 4 is 12.1 Å². The van der Waals surface area contributed by atoms with Gasteiger partial charge in [0.2, 0.25) is 5.91 Å². The van der Waals surface area contributed by atoms with E-state index in [1.165, 1.54) is 17.1 Å². The van der Waals surface area contributed by atoms with E-state index < -0.39 is 6.17 Å². The predicted octanol–water partition coefficient (Wildman–Crippen LogP) is 1.16. The fourth-order valence-electron chi connectivity index (χ4n) is 1.48. The summed E-state index contributed by atoms with van der Waals surface area (Å²) in [4.78, 5) is 14.8. The fraction of sp³-hybridized carbons (Fsp3) is 0.455. The van der Waals surface area contributed by atoms with Gasteiger partial charge in [-0.1, -0.05) is 0 Å². The van der Waals surface area contributed by atoms with Crippen LogP contribution < -0.4 is 0 Å². The molecule has 1 heterocycles. The van der Waals surface area contributed by atoms with Crippen LogP contribution in [0, 0.1) is 5.41 Å². The van der Waals surface area contributed by atoms with Gasteiger partial charge in [-0.2, -0.15) is 0 Å². The lowest BCUT2D eigenvalue weighted by Gasteiger charge is -2.36. The van der Waals surface area contributed by atoms with Crippen molar-refractivity contribution in [2.75, 3.05) is 13.6 Å². The van der Waals surface area contributed by atoms with Crippen LogP contribution in [0.25, 0.3) is 0 Å². The molecular formula is C11H16FN3O. The van der Waals surface area contributed by atoms with Crippen molar-refractivity contribution in [1.82, 2.24) is 9.80 Å². The highest BCUT2D eigenvalue weighted by Crippen LogP contribution is 2.13. The lowest BCUT2D eigenvalue weighted by Crippen LogP contribution is -2.49. The molecule has 0 aromatic rings. The molecule has 4 nitrogen and oxygen atoms in total. The third-order valence-corrected chi connectivity index (χ3v) is 2.56. The molecule has 0 saturated heterocycles. The Morgan fingerprint density at radius 2 is 2.44 bits per heavy atom. The minimum atomic E-state index is -1.10. The van der Waals surface area contributed by atoms with Crippen molar-refractivity contribution in [3.63, 3.8) is 0 Å². The van der Waals surface area contributed by atoms with Gasteiger partial charge in [0.25, 0.3) is 0 Å². The van der Waals surface area contributed by atoms with E-state index in [1.54, 1.807) is 24.2 Å². The quantitative estimate of drug-likeness (QED) is 0.730. The van der Waals surface area contributed by atoms with Gasteiger partial charge in [-0.25, -0.2) is 4.39 Å². The Morgan fingerprint density at radius 1 is 1.75 bits per heavy atom. The molecule has 1 amide bonds. The molecule has 1 rings (SSSR count). The van der Waals surface area contributed by atoms with E-state index >= 15 is 0 Å². The number of nitrogens with one attached hydrogen (secondary N) is 1. The molecule has 0 spiro atoms. The first-order valence-electron chi connectivity index (χ1n) is 5.08. The molecule has 0 aromatic carbocycles. The summed E-state index contributed by atoms with van der Waals surface area (Å²) in [6, 6.07) is 0. The maximum atomic E-state index is 13.1. The number of amides is 1. The number of alkyl halides is 1. The van der Waals surface area contributed by atoms with E-state index in [4.69, 9.17) is 5.41 Å². The van der Waals surface area contributed by atoms with Gasteiger partial charge in [0.1, 0.15) is 12.3 Å². The summed E-state index contributed by atoms with van der Waals surface area (Å²) in [5.74, 6) is -0.184. The standard InChI is InChI=1S/C11H16FN3O/c1-9(14(2)7-3-6-13)15-8-10(12)4-5-11(15)16/h3-7,9-10,13H,8H2,1-2H3/b7-3-,13-6?. The third-order valence-electron chi connectivity index (χ3n) is 2.56. The van der Waals surface area contributed by atoms with Gasteiger partial charge in [0.05, 0.1) is 6.54 Å². The predicted molar refractivity (Wildman–Crippen MR) is 60.9 cm³/mol. The van der Waals surface area contributed by atoms with Crippen molar-refractivity contribution in [3.05, 3.63) is 24.4 Å². The van der Waals surface area contributed by atoms with Gasteiger partial charge in [0.15, 0.2) is 0 Å². The first-order valence-corrected chi connectivity index (χ1v) is 5.08. The molecule has 0 bridgehead atoms. The van der Waals surface area contributed by atoms with Crippen molar-refractivity contribution in [3.8, 4) is 0 Å². The van der Waals surface area contributed by atoms with Crippen molar-refractivity contribution in [2.45, 2.75) is 19.3 Å². The monoisotopic (exact) mass is 225 g/mol. The third kappa shape index (κ3) is 2.92. The Hall–Kier alpha value is -1.65. The summed E-state index contributed by atoms with van der Waals surface area (Å²) in [6.45, 7) is 1.90. The van der Waals surface area contributed by atoms with Crippen LogP contribution in [0.4, 0.5) is 4.39 Å². The number of rotatable bonds is 4. The Morgan fingerprint density at radius 3 is 3.06 bits per heavy atom. The Bertz CT molecular complexity index is 327. The minimum absolute atomic E-state index is 0.0826. The van der Waals surface area contributed by atoms with Crippen LogP contribution in [-0.2, 0) is 4.79 Å². The van der Waals surface area contributed by atoms with Gasteiger partial charge in [-0.3, -0.25) is 4.79 Å². The number of carbonyl (C=O) groups is 1. The summed E-state index contributed by atoms with van der Waals surface area (Å²) in [7, 11) is 1.78. The zero-order valence-corrected chi connectivity index (χ0v) is 9.43. The molecular weight excluding hydrogens is 209 g/mol. The van der Waals surface area contributed by atoms with E-state index in [1.807, 2.05) is 6.92 Å². The summed E-state index contributed by atoms with van der Waals surface area (Å²) in [5.41, 5.74) is 0. The van der Waals surface area contributed by atoms with Crippen LogP contribution in [0.2, 0.25) is 0 Å². The number of carbonyl (C=O) groups excluding carboxylic acids is 1. The molecule has 0 radical (unpaired) electrons. The molecule has 0 saturated carbocycles. The number of hydrogen-bond acceptors (Lipinski definition) is 3. The van der Waals surface area contributed by atoms with Gasteiger partial charge in [0, 0.05) is 25.5 Å². The molecule has 0 aromatic heterocycles. The van der Waals surface area contributed by atoms with Gasteiger partial charge in [-0.15, -0.1) is 0 Å². The second-order valence-corrected chi connectivity index (χ2v) is 3.67. The second-order valence-electron chi connectivity index (χ2n) is 3.67. The lowest BCUT2D eigenvalue weighted by atomic mass is 10.2. The van der Waals surface area contributed by atoms with Crippen LogP contribution in [0.5, 0.6) is 0 Å². The minimum Gasteiger partial charge on any atom is -0.361 e. The average Bonchev–Trinajstić information content (AvgIpc) is 2.28. The summed E-state index contributed by atoms with van der Waals surface area (Å²) in [5, 5.41) is 6.86. The smallest absolute Gasteiger partial charge is 0.248 e. The summed E-state index contributed by atoms with van der Waals surface area (Å²) >= 11 is 0. The molecule has 88 valence electrons. The highest BCUT2D eigenvalue weighted by molar-refractivity contribution is 5.88. The van der Waals surface area contributed by atoms with E-state index in [0.717, 1.165) is 6.21 Å².